The molecule has 0 aliphatic heterocycles. The molecule has 0 fully saturated rings. The van der Waals surface area contributed by atoms with Crippen LogP contribution in [0.25, 0.3) is 11.1 Å². The molecule has 168 valence electrons. The van der Waals surface area contributed by atoms with Gasteiger partial charge < -0.3 is 25.6 Å². The van der Waals surface area contributed by atoms with E-state index in [0.29, 0.717) is 0 Å². The molecule has 0 heterocycles. The van der Waals surface area contributed by atoms with E-state index in [0.717, 1.165) is 22.3 Å². The van der Waals surface area contributed by atoms with Crippen LogP contribution < -0.4 is 10.6 Å². The molecule has 0 spiro atoms. The lowest BCUT2D eigenvalue weighted by Crippen LogP contribution is -2.47. The molecule has 1 aliphatic carbocycles. The third-order valence-corrected chi connectivity index (χ3v) is 5.36. The highest BCUT2D eigenvalue weighted by atomic mass is 16.5. The molecule has 0 aromatic heterocycles. The van der Waals surface area contributed by atoms with Gasteiger partial charge in [0.15, 0.2) is 6.10 Å². The smallest absolute Gasteiger partial charge is 0.407 e. The van der Waals surface area contributed by atoms with Crippen molar-refractivity contribution < 1.29 is 29.3 Å². The van der Waals surface area contributed by atoms with Gasteiger partial charge in [0, 0.05) is 18.9 Å². The molecule has 8 nitrogen and oxygen atoms in total. The lowest BCUT2D eigenvalue weighted by Gasteiger charge is -2.19. The summed E-state index contributed by atoms with van der Waals surface area (Å²) in [5, 5.41) is 23.0. The van der Waals surface area contributed by atoms with Gasteiger partial charge in [-0.1, -0.05) is 54.6 Å². The number of carboxylic acid groups (broad SMARTS) is 1. The van der Waals surface area contributed by atoms with E-state index in [9.17, 15) is 19.5 Å². The van der Waals surface area contributed by atoms with Crippen molar-refractivity contribution in [2.75, 3.05) is 13.2 Å². The molecular formula is C24H26N2O6. The topological polar surface area (TPSA) is 125 Å². The Kier molecular flexibility index (Phi) is 7.62. The summed E-state index contributed by atoms with van der Waals surface area (Å²) in [5.41, 5.74) is 4.40. The molecule has 4 N–H and O–H groups in total. The molecule has 3 rings (SSSR count). The summed E-state index contributed by atoms with van der Waals surface area (Å²) in [6, 6.07) is 15.0. The largest absolute Gasteiger partial charge is 0.479 e. The number of carboxylic acids is 1. The summed E-state index contributed by atoms with van der Waals surface area (Å²) in [4.78, 5) is 35.4. The highest BCUT2D eigenvalue weighted by Gasteiger charge is 2.29. The maximum atomic E-state index is 12.4. The highest BCUT2D eigenvalue weighted by molar-refractivity contribution is 5.86. The van der Waals surface area contributed by atoms with E-state index in [2.05, 4.69) is 17.2 Å². The van der Waals surface area contributed by atoms with Crippen molar-refractivity contribution >= 4 is 18.0 Å². The number of hydrogen-bond acceptors (Lipinski definition) is 5. The van der Waals surface area contributed by atoms with E-state index >= 15 is 0 Å². The van der Waals surface area contributed by atoms with E-state index < -0.39 is 30.1 Å². The average Bonchev–Trinajstić information content (AvgIpc) is 3.11. The maximum Gasteiger partial charge on any atom is 0.407 e. The van der Waals surface area contributed by atoms with Crippen LogP contribution in [0.5, 0.6) is 0 Å². The van der Waals surface area contributed by atoms with E-state index in [4.69, 9.17) is 9.84 Å². The van der Waals surface area contributed by atoms with Crippen LogP contribution in [0.15, 0.2) is 61.2 Å². The van der Waals surface area contributed by atoms with Crippen molar-refractivity contribution in [3.63, 3.8) is 0 Å². The van der Waals surface area contributed by atoms with Crippen molar-refractivity contribution in [2.45, 2.75) is 30.9 Å². The van der Waals surface area contributed by atoms with E-state index in [1.54, 1.807) is 0 Å². The first-order valence-electron chi connectivity index (χ1n) is 10.3. The molecule has 32 heavy (non-hydrogen) atoms. The molecule has 2 atom stereocenters. The third kappa shape index (κ3) is 5.33. The lowest BCUT2D eigenvalue weighted by molar-refractivity contribution is -0.147. The van der Waals surface area contributed by atoms with Crippen molar-refractivity contribution in [3.8, 4) is 11.1 Å². The number of aliphatic hydroxyl groups is 1. The number of carbonyl (C=O) groups is 3. The second-order valence-corrected chi connectivity index (χ2v) is 7.48. The molecule has 0 radical (unpaired) electrons. The van der Waals surface area contributed by atoms with Crippen LogP contribution in [-0.4, -0.2) is 53.5 Å². The molecule has 0 saturated heterocycles. The summed E-state index contributed by atoms with van der Waals surface area (Å²) in [6.45, 7) is 3.66. The number of alkyl carbamates (subject to hydrolysis) is 1. The Morgan fingerprint density at radius 3 is 2.22 bits per heavy atom. The zero-order valence-electron chi connectivity index (χ0n) is 17.5. The minimum absolute atomic E-state index is 0.0493. The van der Waals surface area contributed by atoms with Gasteiger partial charge in [-0.15, -0.1) is 6.58 Å². The fourth-order valence-corrected chi connectivity index (χ4v) is 3.76. The average molecular weight is 438 g/mol. The molecule has 2 unspecified atom stereocenters. The zero-order chi connectivity index (χ0) is 23.1. The van der Waals surface area contributed by atoms with E-state index in [-0.39, 0.29) is 31.9 Å². The van der Waals surface area contributed by atoms with E-state index in [1.165, 1.54) is 6.08 Å². The fourth-order valence-electron chi connectivity index (χ4n) is 3.76. The van der Waals surface area contributed by atoms with Crippen LogP contribution in [0.3, 0.4) is 0 Å². The standard InChI is InChI=1S/C24H26N2O6/c1-2-7-20(22(28)25-13-12-21(27)23(29)30)26-24(31)32-14-19-17-10-5-3-8-15(17)16-9-4-6-11-18(16)19/h2-6,8-11,19-21,27H,1,7,12-14H2,(H,25,28)(H,26,31)(H,29,30). The molecular weight excluding hydrogens is 412 g/mol. The molecule has 8 heteroatoms. The van der Waals surface area contributed by atoms with Crippen LogP contribution in [0.4, 0.5) is 4.79 Å². The number of fused-ring (bicyclic) bond motifs is 3. The van der Waals surface area contributed by atoms with Gasteiger partial charge in [0.25, 0.3) is 0 Å². The molecule has 2 aromatic rings. The number of ether oxygens (including phenoxy) is 1. The maximum absolute atomic E-state index is 12.4. The van der Waals surface area contributed by atoms with Crippen LogP contribution in [0.1, 0.15) is 29.9 Å². The molecule has 1 aliphatic rings. The number of benzene rings is 2. The van der Waals surface area contributed by atoms with Gasteiger partial charge in [-0.2, -0.15) is 0 Å². The van der Waals surface area contributed by atoms with Crippen LogP contribution in [0.2, 0.25) is 0 Å². The first-order valence-corrected chi connectivity index (χ1v) is 10.3. The minimum atomic E-state index is -1.57. The highest BCUT2D eigenvalue weighted by Crippen LogP contribution is 2.44. The number of rotatable bonds is 10. The number of amides is 2. The van der Waals surface area contributed by atoms with Crippen molar-refractivity contribution in [1.29, 1.82) is 0 Å². The number of carbonyl (C=O) groups excluding carboxylic acids is 2. The van der Waals surface area contributed by atoms with Crippen LogP contribution >= 0.6 is 0 Å². The Hall–Kier alpha value is -3.65. The van der Waals surface area contributed by atoms with Gasteiger partial charge in [0.05, 0.1) is 0 Å². The normalized spacial score (nSPS) is 13.9. The number of aliphatic carboxylic acids is 1. The third-order valence-electron chi connectivity index (χ3n) is 5.36. The van der Waals surface area contributed by atoms with Gasteiger partial charge in [-0.05, 0) is 28.7 Å². The quantitative estimate of drug-likeness (QED) is 0.422. The first kappa shape index (κ1) is 23.0. The summed E-state index contributed by atoms with van der Waals surface area (Å²) in [5.74, 6) is -1.98. The summed E-state index contributed by atoms with van der Waals surface area (Å²) in [6.07, 6.45) is -0.799. The monoisotopic (exact) mass is 438 g/mol. The predicted molar refractivity (Wildman–Crippen MR) is 118 cm³/mol. The molecule has 2 aromatic carbocycles. The second kappa shape index (κ2) is 10.6. The van der Waals surface area contributed by atoms with Crippen molar-refractivity contribution in [3.05, 3.63) is 72.3 Å². The number of aliphatic hydroxyl groups excluding tert-OH is 1. The van der Waals surface area contributed by atoms with Gasteiger partial charge in [0.1, 0.15) is 12.6 Å². The fraction of sp³-hybridized carbons (Fsp3) is 0.292. The van der Waals surface area contributed by atoms with Crippen molar-refractivity contribution in [2.24, 2.45) is 0 Å². The molecule has 0 saturated carbocycles. The van der Waals surface area contributed by atoms with Gasteiger partial charge >= 0.3 is 12.1 Å². The predicted octanol–water partition coefficient (Wildman–Crippen LogP) is 2.42. The second-order valence-electron chi connectivity index (χ2n) is 7.48. The molecule has 2 amide bonds. The summed E-state index contributed by atoms with van der Waals surface area (Å²) in [7, 11) is 0. The number of hydrogen-bond donors (Lipinski definition) is 4. The van der Waals surface area contributed by atoms with E-state index in [1.807, 2.05) is 48.5 Å². The SMILES string of the molecule is C=CCC(NC(=O)OCC1c2ccccc2-c2ccccc21)C(=O)NCCC(O)C(=O)O. The summed E-state index contributed by atoms with van der Waals surface area (Å²) < 4.78 is 5.46. The Bertz CT molecular complexity index is 960. The van der Waals surface area contributed by atoms with Gasteiger partial charge in [-0.3, -0.25) is 4.79 Å². The van der Waals surface area contributed by atoms with Crippen molar-refractivity contribution in [1.82, 2.24) is 10.6 Å². The Balaban J connectivity index is 1.57. The van der Waals surface area contributed by atoms with Gasteiger partial charge in [0.2, 0.25) is 5.91 Å². The lowest BCUT2D eigenvalue weighted by atomic mass is 9.98. The Morgan fingerprint density at radius 2 is 1.66 bits per heavy atom. The zero-order valence-corrected chi connectivity index (χ0v) is 17.5. The summed E-state index contributed by atoms with van der Waals surface area (Å²) >= 11 is 0. The van der Waals surface area contributed by atoms with Crippen LogP contribution in [0, 0.1) is 0 Å². The van der Waals surface area contributed by atoms with Crippen LogP contribution in [-0.2, 0) is 14.3 Å². The Labute approximate surface area is 185 Å². The Morgan fingerprint density at radius 1 is 1.06 bits per heavy atom. The first-order chi connectivity index (χ1) is 15.4. The number of nitrogens with one attached hydrogen (secondary N) is 2. The molecule has 0 bridgehead atoms. The van der Waals surface area contributed by atoms with Gasteiger partial charge in [-0.25, -0.2) is 9.59 Å². The minimum Gasteiger partial charge on any atom is -0.479 e.